The Kier molecular flexibility index (Phi) is 5.24. The van der Waals surface area contributed by atoms with E-state index in [1.165, 1.54) is 34.1 Å². The normalized spacial score (nSPS) is 11.3. The Balaban J connectivity index is 1.60. The van der Waals surface area contributed by atoms with Crippen LogP contribution >= 0.6 is 23.1 Å². The molecule has 0 aliphatic heterocycles. The predicted molar refractivity (Wildman–Crippen MR) is 122 cm³/mol. The summed E-state index contributed by atoms with van der Waals surface area (Å²) in [6.45, 7) is -0.0588. The minimum absolute atomic E-state index is 0.0588. The molecule has 0 radical (unpaired) electrons. The van der Waals surface area contributed by atoms with Crippen molar-refractivity contribution in [3.05, 3.63) is 92.5 Å². The number of benzene rings is 2. The van der Waals surface area contributed by atoms with Gasteiger partial charge in [-0.1, -0.05) is 17.3 Å². The number of thioether (sulfide) groups is 1. The van der Waals surface area contributed by atoms with Crippen molar-refractivity contribution in [2.75, 3.05) is 6.26 Å². The molecule has 0 unspecified atom stereocenters. The van der Waals surface area contributed by atoms with E-state index in [-0.39, 0.29) is 18.1 Å². The number of para-hydroxylation sites is 1. The first-order valence-corrected chi connectivity index (χ1v) is 11.6. The summed E-state index contributed by atoms with van der Waals surface area (Å²) in [4.78, 5) is 31.7. The molecule has 0 aliphatic rings. The van der Waals surface area contributed by atoms with Crippen molar-refractivity contribution in [1.29, 1.82) is 0 Å². The lowest BCUT2D eigenvalue weighted by Gasteiger charge is -2.11. The molecule has 0 saturated heterocycles. The van der Waals surface area contributed by atoms with Gasteiger partial charge in [0.2, 0.25) is 11.7 Å². The summed E-state index contributed by atoms with van der Waals surface area (Å²) in [6.07, 6.45) is 1.99. The van der Waals surface area contributed by atoms with Gasteiger partial charge in [-0.3, -0.25) is 9.36 Å². The molecule has 2 aromatic carbocycles. The number of fused-ring (bicyclic) bond motifs is 1. The number of rotatable bonds is 5. The van der Waals surface area contributed by atoms with Gasteiger partial charge in [0.25, 0.3) is 5.56 Å². The zero-order chi connectivity index (χ0) is 22.2. The van der Waals surface area contributed by atoms with Crippen molar-refractivity contribution >= 4 is 33.3 Å². The zero-order valence-electron chi connectivity index (χ0n) is 16.7. The van der Waals surface area contributed by atoms with Crippen LogP contribution in [0.5, 0.6) is 0 Å². The number of halogens is 1. The molecule has 160 valence electrons. The van der Waals surface area contributed by atoms with Crippen LogP contribution in [0.1, 0.15) is 5.89 Å². The molecule has 5 aromatic rings. The summed E-state index contributed by atoms with van der Waals surface area (Å²) < 4.78 is 22.3. The van der Waals surface area contributed by atoms with Crippen LogP contribution < -0.4 is 11.2 Å². The summed E-state index contributed by atoms with van der Waals surface area (Å²) in [6, 6.07) is 15.0. The maximum Gasteiger partial charge on any atom is 0.336 e. The number of nitrogens with zero attached hydrogens (tertiary/aromatic N) is 4. The highest BCUT2D eigenvalue weighted by Gasteiger charge is 2.19. The van der Waals surface area contributed by atoms with Gasteiger partial charge in [-0.2, -0.15) is 4.98 Å². The minimum atomic E-state index is -0.685. The third-order valence-corrected chi connectivity index (χ3v) is 6.59. The molecule has 10 heteroatoms. The molecule has 0 aliphatic carbocycles. The topological polar surface area (TPSA) is 82.9 Å². The highest BCUT2D eigenvalue weighted by atomic mass is 32.2. The van der Waals surface area contributed by atoms with Crippen molar-refractivity contribution in [3.63, 3.8) is 0 Å². The fourth-order valence-electron chi connectivity index (χ4n) is 3.40. The molecular weight excluding hydrogens is 451 g/mol. The fourth-order valence-corrected chi connectivity index (χ4v) is 4.63. The highest BCUT2D eigenvalue weighted by Crippen LogP contribution is 2.22. The summed E-state index contributed by atoms with van der Waals surface area (Å²) >= 11 is 2.81. The Morgan fingerprint density at radius 3 is 2.62 bits per heavy atom. The molecule has 0 bridgehead atoms. The van der Waals surface area contributed by atoms with Gasteiger partial charge >= 0.3 is 5.69 Å². The predicted octanol–water partition coefficient (Wildman–Crippen LogP) is 4.17. The number of aromatic nitrogens is 4. The average Bonchev–Trinajstić information content (AvgIpc) is 3.48. The molecule has 7 nitrogen and oxygen atoms in total. The standard InChI is InChI=1S/C22H15FN4O3S2/c1-31-14-8-6-13(7-9-14)20-24-18(30-25-20)12-26-17-10-11-32-19(17)21(28)27(22(26)29)16-5-3-2-4-15(16)23/h2-11H,12H2,1H3. The minimum Gasteiger partial charge on any atom is -0.337 e. The Hall–Kier alpha value is -3.50. The van der Waals surface area contributed by atoms with E-state index in [4.69, 9.17) is 4.52 Å². The van der Waals surface area contributed by atoms with Gasteiger partial charge in [-0.15, -0.1) is 23.1 Å². The average molecular weight is 467 g/mol. The number of hydrogen-bond acceptors (Lipinski definition) is 7. The van der Waals surface area contributed by atoms with Crippen LogP contribution in [0.15, 0.2) is 79.0 Å². The summed E-state index contributed by atoms with van der Waals surface area (Å²) in [5.41, 5.74) is -0.146. The molecule has 0 saturated carbocycles. The second kappa shape index (κ2) is 8.21. The first-order valence-electron chi connectivity index (χ1n) is 9.52. The third kappa shape index (κ3) is 3.47. The van der Waals surface area contributed by atoms with E-state index < -0.39 is 17.1 Å². The molecule has 5 rings (SSSR count). The largest absolute Gasteiger partial charge is 0.337 e. The van der Waals surface area contributed by atoms with Crippen LogP contribution in [0, 0.1) is 5.82 Å². The van der Waals surface area contributed by atoms with Gasteiger partial charge in [-0.05, 0) is 54.1 Å². The van der Waals surface area contributed by atoms with Crippen molar-refractivity contribution in [1.82, 2.24) is 19.3 Å². The van der Waals surface area contributed by atoms with Gasteiger partial charge in [0.15, 0.2) is 0 Å². The second-order valence-corrected chi connectivity index (χ2v) is 8.63. The van der Waals surface area contributed by atoms with Crippen molar-refractivity contribution in [3.8, 4) is 17.1 Å². The van der Waals surface area contributed by atoms with Gasteiger partial charge in [0, 0.05) is 10.5 Å². The molecule has 3 aromatic heterocycles. The second-order valence-electron chi connectivity index (χ2n) is 6.84. The molecule has 0 fully saturated rings. The van der Waals surface area contributed by atoms with E-state index in [1.54, 1.807) is 29.3 Å². The maximum atomic E-state index is 14.4. The van der Waals surface area contributed by atoms with Gasteiger partial charge in [0.05, 0.1) is 11.2 Å². The van der Waals surface area contributed by atoms with E-state index >= 15 is 0 Å². The van der Waals surface area contributed by atoms with Crippen molar-refractivity contribution in [2.45, 2.75) is 11.4 Å². The van der Waals surface area contributed by atoms with Crippen LogP contribution in [-0.2, 0) is 6.54 Å². The van der Waals surface area contributed by atoms with Crippen LogP contribution in [0.25, 0.3) is 27.3 Å². The van der Waals surface area contributed by atoms with Crippen LogP contribution in [-0.4, -0.2) is 25.5 Å². The molecule has 3 heterocycles. The van der Waals surface area contributed by atoms with Gasteiger partial charge < -0.3 is 4.52 Å². The zero-order valence-corrected chi connectivity index (χ0v) is 18.3. The molecule has 0 N–H and O–H groups in total. The lowest BCUT2D eigenvalue weighted by Crippen LogP contribution is -2.39. The van der Waals surface area contributed by atoms with Gasteiger partial charge in [-0.25, -0.2) is 13.8 Å². The summed E-state index contributed by atoms with van der Waals surface area (Å²) in [5, 5.41) is 5.72. The number of thiophene rings is 1. The third-order valence-electron chi connectivity index (χ3n) is 4.96. The smallest absolute Gasteiger partial charge is 0.336 e. The van der Waals surface area contributed by atoms with Crippen molar-refractivity contribution < 1.29 is 8.91 Å². The van der Waals surface area contributed by atoms with E-state index in [1.807, 2.05) is 30.5 Å². The highest BCUT2D eigenvalue weighted by molar-refractivity contribution is 7.98. The number of hydrogen-bond donors (Lipinski definition) is 0. The van der Waals surface area contributed by atoms with Crippen molar-refractivity contribution in [2.24, 2.45) is 0 Å². The van der Waals surface area contributed by atoms with Crippen LogP contribution in [0.2, 0.25) is 0 Å². The Morgan fingerprint density at radius 1 is 1.09 bits per heavy atom. The van der Waals surface area contributed by atoms with E-state index in [0.29, 0.717) is 16.0 Å². The van der Waals surface area contributed by atoms with E-state index in [0.717, 1.165) is 15.0 Å². The monoisotopic (exact) mass is 466 g/mol. The molecular formula is C22H15FN4O3S2. The lowest BCUT2D eigenvalue weighted by atomic mass is 10.2. The molecule has 32 heavy (non-hydrogen) atoms. The SMILES string of the molecule is CSc1ccc(-c2noc(Cn3c(=O)n(-c4ccccc4F)c(=O)c4sccc43)n2)cc1. The summed E-state index contributed by atoms with van der Waals surface area (Å²) in [7, 11) is 0. The quantitative estimate of drug-likeness (QED) is 0.362. The maximum absolute atomic E-state index is 14.4. The van der Waals surface area contributed by atoms with E-state index in [9.17, 15) is 14.0 Å². The molecule has 0 spiro atoms. The first-order chi connectivity index (χ1) is 15.6. The van der Waals surface area contributed by atoms with E-state index in [2.05, 4.69) is 10.1 Å². The Morgan fingerprint density at radius 2 is 1.88 bits per heavy atom. The fraction of sp³-hybridized carbons (Fsp3) is 0.0909. The molecule has 0 atom stereocenters. The molecule has 0 amide bonds. The van der Waals surface area contributed by atoms with Crippen LogP contribution in [0.4, 0.5) is 4.39 Å². The summed E-state index contributed by atoms with van der Waals surface area (Å²) in [5.74, 6) is -0.0742. The first kappa shape index (κ1) is 20.4. The Bertz CT molecular complexity index is 1550. The Labute approximate surface area is 188 Å². The van der Waals surface area contributed by atoms with Crippen LogP contribution in [0.3, 0.4) is 0 Å². The van der Waals surface area contributed by atoms with Gasteiger partial charge in [0.1, 0.15) is 17.1 Å². The lowest BCUT2D eigenvalue weighted by molar-refractivity contribution is 0.370.